The summed E-state index contributed by atoms with van der Waals surface area (Å²) in [5.41, 5.74) is 0.998. The van der Waals surface area contributed by atoms with Crippen molar-refractivity contribution < 1.29 is 14.3 Å². The van der Waals surface area contributed by atoms with Crippen LogP contribution in [-0.2, 0) is 4.79 Å². The van der Waals surface area contributed by atoms with Crippen LogP contribution in [0.5, 0.6) is 5.75 Å². The first-order chi connectivity index (χ1) is 9.49. The Bertz CT molecular complexity index is 487. The molecule has 0 aliphatic rings. The van der Waals surface area contributed by atoms with E-state index in [1.165, 1.54) is 4.90 Å². The summed E-state index contributed by atoms with van der Waals surface area (Å²) in [6.07, 6.45) is 0. The van der Waals surface area contributed by atoms with Crippen molar-refractivity contribution in [1.29, 1.82) is 0 Å². The molecule has 1 aromatic rings. The summed E-state index contributed by atoms with van der Waals surface area (Å²) in [7, 11) is 5.05. The Morgan fingerprint density at radius 1 is 1.30 bits per heavy atom. The van der Waals surface area contributed by atoms with E-state index < -0.39 is 0 Å². The molecule has 1 rings (SSSR count). The maximum atomic E-state index is 11.9. The highest BCUT2D eigenvalue weighted by Crippen LogP contribution is 2.26. The maximum Gasteiger partial charge on any atom is 0.253 e. The number of hydrogen-bond donors (Lipinski definition) is 2. The van der Waals surface area contributed by atoms with Crippen LogP contribution in [0.25, 0.3) is 0 Å². The number of carbonyl (C=O) groups excluding carboxylic acids is 2. The second kappa shape index (κ2) is 7.49. The number of ether oxygens (including phenoxy) is 1. The summed E-state index contributed by atoms with van der Waals surface area (Å²) >= 11 is 0. The van der Waals surface area contributed by atoms with Crippen LogP contribution < -0.4 is 15.4 Å². The molecular weight excluding hydrogens is 258 g/mol. The van der Waals surface area contributed by atoms with Gasteiger partial charge in [0.05, 0.1) is 18.8 Å². The SMILES string of the molecule is CCOc1ccc(C(=O)N(C)C)cc1NC(=O)CNC. The Labute approximate surface area is 119 Å². The zero-order valence-corrected chi connectivity index (χ0v) is 12.3. The molecule has 0 saturated carbocycles. The maximum absolute atomic E-state index is 11.9. The van der Waals surface area contributed by atoms with Crippen molar-refractivity contribution in [3.63, 3.8) is 0 Å². The van der Waals surface area contributed by atoms with Crippen LogP contribution in [0.4, 0.5) is 5.69 Å². The second-order valence-corrected chi connectivity index (χ2v) is 4.42. The van der Waals surface area contributed by atoms with Gasteiger partial charge in [-0.2, -0.15) is 0 Å². The minimum absolute atomic E-state index is 0.128. The Balaban J connectivity index is 3.05. The average molecular weight is 279 g/mol. The van der Waals surface area contributed by atoms with E-state index in [2.05, 4.69) is 10.6 Å². The van der Waals surface area contributed by atoms with E-state index in [-0.39, 0.29) is 18.4 Å². The molecular formula is C14H21N3O3. The van der Waals surface area contributed by atoms with Gasteiger partial charge in [0.1, 0.15) is 5.75 Å². The zero-order valence-electron chi connectivity index (χ0n) is 12.3. The summed E-state index contributed by atoms with van der Waals surface area (Å²) < 4.78 is 5.45. The van der Waals surface area contributed by atoms with Gasteiger partial charge in [0.2, 0.25) is 5.91 Å². The number of rotatable bonds is 6. The normalized spacial score (nSPS) is 10.0. The minimum Gasteiger partial charge on any atom is -0.492 e. The van der Waals surface area contributed by atoms with Crippen molar-refractivity contribution in [3.8, 4) is 5.75 Å². The summed E-state index contributed by atoms with van der Waals surface area (Å²) in [4.78, 5) is 25.1. The number of hydrogen-bond acceptors (Lipinski definition) is 4. The predicted molar refractivity (Wildman–Crippen MR) is 78.2 cm³/mol. The van der Waals surface area contributed by atoms with Crippen molar-refractivity contribution in [2.75, 3.05) is 39.6 Å². The van der Waals surface area contributed by atoms with E-state index in [4.69, 9.17) is 4.74 Å². The molecule has 2 amide bonds. The minimum atomic E-state index is -0.192. The molecule has 0 bridgehead atoms. The lowest BCUT2D eigenvalue weighted by Crippen LogP contribution is -2.26. The Kier molecular flexibility index (Phi) is 5.99. The fourth-order valence-electron chi connectivity index (χ4n) is 1.66. The first-order valence-corrected chi connectivity index (χ1v) is 6.42. The van der Waals surface area contributed by atoms with Gasteiger partial charge >= 0.3 is 0 Å². The number of nitrogens with one attached hydrogen (secondary N) is 2. The summed E-state index contributed by atoms with van der Waals surface area (Å²) in [6, 6.07) is 5.00. The Morgan fingerprint density at radius 2 is 2.00 bits per heavy atom. The van der Waals surface area contributed by atoms with E-state index in [9.17, 15) is 9.59 Å². The summed E-state index contributed by atoms with van der Waals surface area (Å²) in [5.74, 6) is 0.229. The Morgan fingerprint density at radius 3 is 2.55 bits per heavy atom. The van der Waals surface area contributed by atoms with Crippen molar-refractivity contribution in [2.45, 2.75) is 6.92 Å². The van der Waals surface area contributed by atoms with E-state index >= 15 is 0 Å². The van der Waals surface area contributed by atoms with E-state index in [0.29, 0.717) is 23.6 Å². The van der Waals surface area contributed by atoms with E-state index in [0.717, 1.165) is 0 Å². The highest BCUT2D eigenvalue weighted by Gasteiger charge is 2.13. The summed E-state index contributed by atoms with van der Waals surface area (Å²) in [5, 5.41) is 5.50. The quantitative estimate of drug-likeness (QED) is 0.813. The zero-order chi connectivity index (χ0) is 15.1. The van der Waals surface area contributed by atoms with Gasteiger partial charge < -0.3 is 20.3 Å². The van der Waals surface area contributed by atoms with Gasteiger partial charge in [-0.3, -0.25) is 9.59 Å². The molecule has 1 aromatic carbocycles. The lowest BCUT2D eigenvalue weighted by Gasteiger charge is -2.15. The molecule has 0 aliphatic heterocycles. The van der Waals surface area contributed by atoms with Gasteiger partial charge in [0, 0.05) is 19.7 Å². The molecule has 0 spiro atoms. The molecule has 0 heterocycles. The lowest BCUT2D eigenvalue weighted by atomic mass is 10.1. The molecule has 2 N–H and O–H groups in total. The summed E-state index contributed by atoms with van der Waals surface area (Å²) in [6.45, 7) is 2.53. The van der Waals surface area contributed by atoms with Crippen LogP contribution >= 0.6 is 0 Å². The third-order valence-corrected chi connectivity index (χ3v) is 2.54. The molecule has 20 heavy (non-hydrogen) atoms. The van der Waals surface area contributed by atoms with Crippen molar-refractivity contribution in [2.24, 2.45) is 0 Å². The number of amides is 2. The molecule has 0 aromatic heterocycles. The van der Waals surface area contributed by atoms with Crippen molar-refractivity contribution in [3.05, 3.63) is 23.8 Å². The monoisotopic (exact) mass is 279 g/mol. The fourth-order valence-corrected chi connectivity index (χ4v) is 1.66. The van der Waals surface area contributed by atoms with Crippen LogP contribution in [-0.4, -0.2) is 51.0 Å². The van der Waals surface area contributed by atoms with Gasteiger partial charge in [0.15, 0.2) is 0 Å². The first kappa shape index (κ1) is 16.0. The van der Waals surface area contributed by atoms with Crippen LogP contribution in [0, 0.1) is 0 Å². The van der Waals surface area contributed by atoms with Crippen LogP contribution in [0.2, 0.25) is 0 Å². The molecule has 0 unspecified atom stereocenters. The molecule has 110 valence electrons. The van der Waals surface area contributed by atoms with Crippen LogP contribution in [0.3, 0.4) is 0 Å². The molecule has 6 nitrogen and oxygen atoms in total. The van der Waals surface area contributed by atoms with E-state index in [1.54, 1.807) is 39.3 Å². The average Bonchev–Trinajstić information content (AvgIpc) is 2.40. The number of anilines is 1. The highest BCUT2D eigenvalue weighted by molar-refractivity contribution is 5.98. The van der Waals surface area contributed by atoms with Gasteiger partial charge in [-0.05, 0) is 32.2 Å². The van der Waals surface area contributed by atoms with Gasteiger partial charge in [-0.15, -0.1) is 0 Å². The molecule has 0 saturated heterocycles. The smallest absolute Gasteiger partial charge is 0.253 e. The highest BCUT2D eigenvalue weighted by atomic mass is 16.5. The number of benzene rings is 1. The Hall–Kier alpha value is -2.08. The first-order valence-electron chi connectivity index (χ1n) is 6.42. The molecule has 0 atom stereocenters. The van der Waals surface area contributed by atoms with Crippen molar-refractivity contribution >= 4 is 17.5 Å². The topological polar surface area (TPSA) is 70.7 Å². The van der Waals surface area contributed by atoms with Gasteiger partial charge in [0.25, 0.3) is 5.91 Å². The van der Waals surface area contributed by atoms with Crippen molar-refractivity contribution in [1.82, 2.24) is 10.2 Å². The standard InChI is InChI=1S/C14H21N3O3/c1-5-20-12-7-6-10(14(19)17(3)4)8-11(12)16-13(18)9-15-2/h6-8,15H,5,9H2,1-4H3,(H,16,18). The molecule has 0 fully saturated rings. The molecule has 0 radical (unpaired) electrons. The predicted octanol–water partition coefficient (Wildman–Crippen LogP) is 0.945. The largest absolute Gasteiger partial charge is 0.492 e. The van der Waals surface area contributed by atoms with Gasteiger partial charge in [-0.25, -0.2) is 0 Å². The lowest BCUT2D eigenvalue weighted by molar-refractivity contribution is -0.115. The molecule has 0 aliphatic carbocycles. The van der Waals surface area contributed by atoms with E-state index in [1.807, 2.05) is 6.92 Å². The van der Waals surface area contributed by atoms with Gasteiger partial charge in [-0.1, -0.05) is 0 Å². The third kappa shape index (κ3) is 4.24. The number of likely N-dealkylation sites (N-methyl/N-ethyl adjacent to an activating group) is 1. The fraction of sp³-hybridized carbons (Fsp3) is 0.429. The number of nitrogens with zero attached hydrogens (tertiary/aromatic N) is 1. The molecule has 6 heteroatoms. The second-order valence-electron chi connectivity index (χ2n) is 4.42. The number of carbonyl (C=O) groups is 2. The third-order valence-electron chi connectivity index (χ3n) is 2.54. The van der Waals surface area contributed by atoms with Crippen LogP contribution in [0.15, 0.2) is 18.2 Å². The van der Waals surface area contributed by atoms with Crippen LogP contribution in [0.1, 0.15) is 17.3 Å².